The molecule has 2 amide bonds. The number of nitrogens with one attached hydrogen (secondary N) is 1. The van der Waals surface area contributed by atoms with Crippen LogP contribution in [0.3, 0.4) is 0 Å². The molecule has 0 aliphatic heterocycles. The molecule has 0 saturated carbocycles. The van der Waals surface area contributed by atoms with Gasteiger partial charge in [-0.05, 0) is 62.1 Å². The van der Waals surface area contributed by atoms with Gasteiger partial charge < -0.3 is 15.0 Å². The van der Waals surface area contributed by atoms with Crippen molar-refractivity contribution in [3.05, 3.63) is 58.6 Å². The zero-order valence-corrected chi connectivity index (χ0v) is 23.2. The van der Waals surface area contributed by atoms with Crippen LogP contribution in [-0.4, -0.2) is 57.6 Å². The zero-order valence-electron chi connectivity index (χ0n) is 21.6. The zero-order chi connectivity index (χ0) is 26.9. The number of anilines is 1. The maximum atomic E-state index is 13.4. The first kappa shape index (κ1) is 29.5. The molecule has 0 radical (unpaired) electrons. The minimum absolute atomic E-state index is 0.0810. The number of sulfonamides is 1. The van der Waals surface area contributed by atoms with Crippen LogP contribution in [0.1, 0.15) is 44.2 Å². The fourth-order valence-corrected chi connectivity index (χ4v) is 5.17. The number of carbonyl (C=O) groups excluding carboxylic acids is 2. The number of carbonyl (C=O) groups is 2. The van der Waals surface area contributed by atoms with Gasteiger partial charge in [-0.15, -0.1) is 0 Å². The van der Waals surface area contributed by atoms with Crippen LogP contribution in [0.5, 0.6) is 5.75 Å². The molecule has 0 aliphatic rings. The summed E-state index contributed by atoms with van der Waals surface area (Å²) in [6.07, 6.45) is 1.94. The lowest BCUT2D eigenvalue weighted by Crippen LogP contribution is -2.49. The maximum Gasteiger partial charge on any atom is 0.242 e. The second-order valence-corrected chi connectivity index (χ2v) is 10.8. The quantitative estimate of drug-likeness (QED) is 0.414. The van der Waals surface area contributed by atoms with Gasteiger partial charge in [-0.3, -0.25) is 13.9 Å². The van der Waals surface area contributed by atoms with Gasteiger partial charge in [-0.2, -0.15) is 0 Å². The minimum atomic E-state index is -3.60. The van der Waals surface area contributed by atoms with E-state index in [0.29, 0.717) is 35.0 Å². The molecule has 0 aromatic heterocycles. The Balaban J connectivity index is 2.23. The van der Waals surface area contributed by atoms with Crippen molar-refractivity contribution >= 4 is 39.1 Å². The van der Waals surface area contributed by atoms with Crippen molar-refractivity contribution in [2.45, 2.75) is 52.6 Å². The van der Waals surface area contributed by atoms with Crippen molar-refractivity contribution in [2.75, 3.05) is 30.8 Å². The first-order valence-corrected chi connectivity index (χ1v) is 14.2. The summed E-state index contributed by atoms with van der Waals surface area (Å²) < 4.78 is 31.6. The van der Waals surface area contributed by atoms with Crippen LogP contribution in [-0.2, 0) is 26.2 Å². The third-order valence-electron chi connectivity index (χ3n) is 5.91. The van der Waals surface area contributed by atoms with Crippen molar-refractivity contribution in [1.29, 1.82) is 0 Å². The van der Waals surface area contributed by atoms with E-state index in [4.69, 9.17) is 16.3 Å². The Morgan fingerprint density at radius 2 is 1.78 bits per heavy atom. The van der Waals surface area contributed by atoms with Gasteiger partial charge in [0.15, 0.2) is 0 Å². The molecule has 1 atom stereocenters. The summed E-state index contributed by atoms with van der Waals surface area (Å²) in [5.74, 6) is 0.263. The van der Waals surface area contributed by atoms with Crippen molar-refractivity contribution in [3.63, 3.8) is 0 Å². The molecule has 2 rings (SSSR count). The Hall–Kier alpha value is -2.78. The lowest BCUT2D eigenvalue weighted by molar-refractivity contribution is -0.141. The van der Waals surface area contributed by atoms with Gasteiger partial charge in [0.25, 0.3) is 0 Å². The van der Waals surface area contributed by atoms with E-state index < -0.39 is 16.1 Å². The van der Waals surface area contributed by atoms with E-state index in [1.165, 1.54) is 4.31 Å². The molecule has 2 aromatic rings. The first-order valence-electron chi connectivity index (χ1n) is 12.0. The van der Waals surface area contributed by atoms with Gasteiger partial charge in [0, 0.05) is 31.1 Å². The van der Waals surface area contributed by atoms with Gasteiger partial charge in [0.1, 0.15) is 11.8 Å². The molecule has 1 N–H and O–H groups in total. The predicted molar refractivity (Wildman–Crippen MR) is 144 cm³/mol. The molecule has 36 heavy (non-hydrogen) atoms. The summed E-state index contributed by atoms with van der Waals surface area (Å²) in [6, 6.07) is 11.8. The summed E-state index contributed by atoms with van der Waals surface area (Å²) in [4.78, 5) is 27.7. The summed E-state index contributed by atoms with van der Waals surface area (Å²) in [6.45, 7) is 6.28. The monoisotopic (exact) mass is 537 g/mol. The van der Waals surface area contributed by atoms with Crippen molar-refractivity contribution in [1.82, 2.24) is 10.2 Å². The molecule has 10 heteroatoms. The van der Waals surface area contributed by atoms with Gasteiger partial charge in [0.2, 0.25) is 21.8 Å². The highest BCUT2D eigenvalue weighted by atomic mass is 35.5. The fraction of sp³-hybridized carbons (Fsp3) is 0.462. The number of hydrogen-bond acceptors (Lipinski definition) is 5. The summed E-state index contributed by atoms with van der Waals surface area (Å²) in [5, 5.41) is 3.28. The van der Waals surface area contributed by atoms with E-state index in [-0.39, 0.29) is 37.7 Å². The molecule has 0 aliphatic carbocycles. The second-order valence-electron chi connectivity index (χ2n) is 8.51. The molecule has 0 bridgehead atoms. The number of ether oxygens (including phenoxy) is 1. The highest BCUT2D eigenvalue weighted by molar-refractivity contribution is 7.92. The predicted octanol–water partition coefficient (Wildman–Crippen LogP) is 4.15. The topological polar surface area (TPSA) is 96.0 Å². The normalized spacial score (nSPS) is 12.1. The number of benzene rings is 2. The molecule has 2 aromatic carbocycles. The Morgan fingerprint density at radius 1 is 1.11 bits per heavy atom. The van der Waals surface area contributed by atoms with E-state index >= 15 is 0 Å². The lowest BCUT2D eigenvalue weighted by atomic mass is 10.1. The minimum Gasteiger partial charge on any atom is -0.497 e. The SMILES string of the molecule is CCNC(=O)[C@@H](CC)N(Cc1ccc(OC)cc1)C(=O)CCCN(c1cccc(Cl)c1C)S(C)(=O)=O. The largest absolute Gasteiger partial charge is 0.497 e. The summed E-state index contributed by atoms with van der Waals surface area (Å²) in [5.41, 5.74) is 2.00. The third kappa shape index (κ3) is 7.86. The van der Waals surface area contributed by atoms with Crippen molar-refractivity contribution in [2.24, 2.45) is 0 Å². The van der Waals surface area contributed by atoms with Crippen LogP contribution in [0.2, 0.25) is 5.02 Å². The van der Waals surface area contributed by atoms with Gasteiger partial charge >= 0.3 is 0 Å². The Bertz CT molecular complexity index is 1140. The first-order chi connectivity index (χ1) is 17.0. The molecule has 0 saturated heterocycles. The summed E-state index contributed by atoms with van der Waals surface area (Å²) >= 11 is 6.21. The average molecular weight is 538 g/mol. The molecule has 0 spiro atoms. The highest BCUT2D eigenvalue weighted by Gasteiger charge is 2.28. The number of nitrogens with zero attached hydrogens (tertiary/aromatic N) is 2. The molecule has 8 nitrogen and oxygen atoms in total. The van der Waals surface area contributed by atoms with Crippen LogP contribution >= 0.6 is 11.6 Å². The smallest absolute Gasteiger partial charge is 0.242 e. The van der Waals surface area contributed by atoms with E-state index in [1.54, 1.807) is 37.1 Å². The second kappa shape index (κ2) is 13.5. The van der Waals surface area contributed by atoms with Gasteiger partial charge in [0.05, 0.1) is 19.1 Å². The number of likely N-dealkylation sites (N-methyl/N-ethyl adjacent to an activating group) is 1. The van der Waals surface area contributed by atoms with Crippen LogP contribution < -0.4 is 14.4 Å². The molecule has 0 fully saturated rings. The molecular weight excluding hydrogens is 502 g/mol. The van der Waals surface area contributed by atoms with E-state index in [2.05, 4.69) is 5.32 Å². The number of hydrogen-bond donors (Lipinski definition) is 1. The van der Waals surface area contributed by atoms with Crippen LogP contribution in [0, 0.1) is 6.92 Å². The summed E-state index contributed by atoms with van der Waals surface area (Å²) in [7, 11) is -2.02. The van der Waals surface area contributed by atoms with Crippen LogP contribution in [0.15, 0.2) is 42.5 Å². The molecule has 0 unspecified atom stereocenters. The molecule has 0 heterocycles. The third-order valence-corrected chi connectivity index (χ3v) is 7.50. The van der Waals surface area contributed by atoms with E-state index in [0.717, 1.165) is 11.8 Å². The Kier molecular flexibility index (Phi) is 11.0. The van der Waals surface area contributed by atoms with Gasteiger partial charge in [-0.1, -0.05) is 36.7 Å². The van der Waals surface area contributed by atoms with Crippen molar-refractivity contribution in [3.8, 4) is 5.75 Å². The molecule has 198 valence electrons. The number of rotatable bonds is 13. The fourth-order valence-electron chi connectivity index (χ4n) is 3.99. The number of halogens is 1. The highest BCUT2D eigenvalue weighted by Crippen LogP contribution is 2.28. The molecular formula is C26H36ClN3O5S. The van der Waals surface area contributed by atoms with Gasteiger partial charge in [-0.25, -0.2) is 8.42 Å². The number of methoxy groups -OCH3 is 1. The van der Waals surface area contributed by atoms with E-state index in [9.17, 15) is 18.0 Å². The van der Waals surface area contributed by atoms with E-state index in [1.807, 2.05) is 38.1 Å². The maximum absolute atomic E-state index is 13.4. The standard InChI is InChI=1S/C26H36ClN3O5S/c1-6-23(26(32)28-7-2)29(18-20-13-15-21(35-4)16-14-20)25(31)12-9-17-30(36(5,33)34)24-11-8-10-22(27)19(24)3/h8,10-11,13-16,23H,6-7,9,12,17-18H2,1-5H3,(H,28,32)/t23-/m1/s1. The van der Waals surface area contributed by atoms with Crippen molar-refractivity contribution < 1.29 is 22.7 Å². The number of amides is 2. The Labute approximate surface area is 219 Å². The lowest BCUT2D eigenvalue weighted by Gasteiger charge is -2.31. The Morgan fingerprint density at radius 3 is 2.33 bits per heavy atom. The van der Waals surface area contributed by atoms with Crippen LogP contribution in [0.4, 0.5) is 5.69 Å². The van der Waals surface area contributed by atoms with Crippen LogP contribution in [0.25, 0.3) is 0 Å². The average Bonchev–Trinajstić information content (AvgIpc) is 2.83.